The Bertz CT molecular complexity index is 142. The van der Waals surface area contributed by atoms with Gasteiger partial charge in [0.1, 0.15) is 0 Å². The van der Waals surface area contributed by atoms with E-state index in [1.54, 1.807) is 6.20 Å². The summed E-state index contributed by atoms with van der Waals surface area (Å²) in [5, 5.41) is 3.42. The van der Waals surface area contributed by atoms with Crippen molar-refractivity contribution in [3.05, 3.63) is 11.8 Å². The van der Waals surface area contributed by atoms with Gasteiger partial charge in [-0.25, -0.2) is 0 Å². The van der Waals surface area contributed by atoms with Gasteiger partial charge in [0.2, 0.25) is 5.88 Å². The summed E-state index contributed by atoms with van der Waals surface area (Å²) in [7, 11) is 0. The molecule has 1 heterocycles. The lowest BCUT2D eigenvalue weighted by Crippen LogP contribution is -1.80. The Hall–Kier alpha value is -0.990. The van der Waals surface area contributed by atoms with E-state index in [-0.39, 0.29) is 0 Å². The van der Waals surface area contributed by atoms with Gasteiger partial charge in [-0.2, -0.15) is 0 Å². The predicted octanol–water partition coefficient (Wildman–Crippen LogP) is 0.565. The van der Waals surface area contributed by atoms with Crippen LogP contribution in [-0.2, 0) is 0 Å². The molecule has 0 fully saturated rings. The number of hydrogen-bond donors (Lipinski definition) is 1. The fraction of sp³-hybridized carbons (Fsp3) is 0.250. The molecule has 0 saturated heterocycles. The molecular weight excluding hydrogens is 92.1 g/mol. The third-order valence-electron chi connectivity index (χ3n) is 0.786. The molecule has 0 amide bonds. The van der Waals surface area contributed by atoms with Crippen molar-refractivity contribution in [3.8, 4) is 0 Å². The molecule has 3 nitrogen and oxygen atoms in total. The van der Waals surface area contributed by atoms with Gasteiger partial charge in [0.05, 0.1) is 6.20 Å². The number of aromatic nitrogens is 1. The standard InChI is InChI=1S/C4H6N2O/c1-3-2-6-7-4(3)5/h2H,5H2,1H3. The van der Waals surface area contributed by atoms with Crippen LogP contribution in [0.2, 0.25) is 0 Å². The SMILES string of the molecule is Cc1cnoc1N. The maximum Gasteiger partial charge on any atom is 0.224 e. The second-order valence-electron chi connectivity index (χ2n) is 1.37. The molecule has 0 saturated carbocycles. The first-order chi connectivity index (χ1) is 3.30. The number of anilines is 1. The molecule has 38 valence electrons. The zero-order valence-corrected chi connectivity index (χ0v) is 4.01. The van der Waals surface area contributed by atoms with Crippen LogP contribution >= 0.6 is 0 Å². The molecule has 1 aromatic rings. The van der Waals surface area contributed by atoms with Gasteiger partial charge in [-0.1, -0.05) is 5.16 Å². The zero-order chi connectivity index (χ0) is 5.28. The highest BCUT2D eigenvalue weighted by Crippen LogP contribution is 2.04. The van der Waals surface area contributed by atoms with Crippen LogP contribution in [0, 0.1) is 6.92 Å². The van der Waals surface area contributed by atoms with E-state index in [2.05, 4.69) is 9.68 Å². The molecule has 0 aliphatic rings. The fourth-order valence-electron chi connectivity index (χ4n) is 0.298. The number of nitrogen functional groups attached to an aromatic ring is 1. The van der Waals surface area contributed by atoms with Crippen molar-refractivity contribution in [2.24, 2.45) is 0 Å². The Labute approximate surface area is 41.1 Å². The molecule has 0 aliphatic heterocycles. The minimum absolute atomic E-state index is 0.403. The largest absolute Gasteiger partial charge is 0.367 e. The summed E-state index contributed by atoms with van der Waals surface area (Å²) in [6.07, 6.45) is 1.58. The highest BCUT2D eigenvalue weighted by atomic mass is 16.5. The topological polar surface area (TPSA) is 52.0 Å². The summed E-state index contributed by atoms with van der Waals surface area (Å²) in [5.74, 6) is 0.403. The first-order valence-electron chi connectivity index (χ1n) is 1.97. The van der Waals surface area contributed by atoms with E-state index in [4.69, 9.17) is 5.73 Å². The highest BCUT2D eigenvalue weighted by Gasteiger charge is 1.92. The van der Waals surface area contributed by atoms with Crippen molar-refractivity contribution in [2.75, 3.05) is 5.73 Å². The zero-order valence-electron chi connectivity index (χ0n) is 4.01. The van der Waals surface area contributed by atoms with Crippen LogP contribution in [0.25, 0.3) is 0 Å². The molecule has 0 radical (unpaired) electrons. The molecule has 0 bridgehead atoms. The van der Waals surface area contributed by atoms with Crippen LogP contribution in [0.3, 0.4) is 0 Å². The highest BCUT2D eigenvalue weighted by molar-refractivity contribution is 5.30. The molecular formula is C4H6N2O. The van der Waals surface area contributed by atoms with Gasteiger partial charge in [-0.15, -0.1) is 0 Å². The van der Waals surface area contributed by atoms with Crippen LogP contribution in [-0.4, -0.2) is 5.16 Å². The molecule has 0 aliphatic carbocycles. The first-order valence-corrected chi connectivity index (χ1v) is 1.97. The van der Waals surface area contributed by atoms with Gasteiger partial charge >= 0.3 is 0 Å². The Morgan fingerprint density at radius 1 is 1.86 bits per heavy atom. The Morgan fingerprint density at radius 2 is 2.57 bits per heavy atom. The molecule has 1 aromatic heterocycles. The van der Waals surface area contributed by atoms with E-state index in [1.807, 2.05) is 6.92 Å². The normalized spacial score (nSPS) is 9.29. The van der Waals surface area contributed by atoms with Crippen LogP contribution in [0.1, 0.15) is 5.56 Å². The number of hydrogen-bond acceptors (Lipinski definition) is 3. The monoisotopic (exact) mass is 98.0 g/mol. The van der Waals surface area contributed by atoms with Gasteiger partial charge in [-0.3, -0.25) is 0 Å². The lowest BCUT2D eigenvalue weighted by atomic mass is 10.4. The summed E-state index contributed by atoms with van der Waals surface area (Å²) < 4.78 is 4.49. The molecule has 0 aromatic carbocycles. The maximum absolute atomic E-state index is 5.21. The van der Waals surface area contributed by atoms with Crippen LogP contribution in [0.5, 0.6) is 0 Å². The summed E-state index contributed by atoms with van der Waals surface area (Å²) >= 11 is 0. The van der Waals surface area contributed by atoms with E-state index in [0.29, 0.717) is 5.88 Å². The smallest absolute Gasteiger partial charge is 0.224 e. The van der Waals surface area contributed by atoms with Crippen molar-refractivity contribution in [2.45, 2.75) is 6.92 Å². The quantitative estimate of drug-likeness (QED) is 0.516. The Kier molecular flexibility index (Phi) is 0.749. The minimum atomic E-state index is 0.403. The lowest BCUT2D eigenvalue weighted by molar-refractivity contribution is 0.436. The van der Waals surface area contributed by atoms with Crippen molar-refractivity contribution >= 4 is 5.88 Å². The van der Waals surface area contributed by atoms with Crippen molar-refractivity contribution in [1.82, 2.24) is 5.16 Å². The van der Waals surface area contributed by atoms with Gasteiger partial charge in [0.25, 0.3) is 0 Å². The summed E-state index contributed by atoms with van der Waals surface area (Å²) in [4.78, 5) is 0. The van der Waals surface area contributed by atoms with Crippen LogP contribution in [0.4, 0.5) is 5.88 Å². The van der Waals surface area contributed by atoms with Crippen molar-refractivity contribution in [3.63, 3.8) is 0 Å². The van der Waals surface area contributed by atoms with E-state index in [1.165, 1.54) is 0 Å². The molecule has 0 unspecified atom stereocenters. The molecule has 1 rings (SSSR count). The first kappa shape index (κ1) is 4.18. The van der Waals surface area contributed by atoms with Gasteiger partial charge in [0.15, 0.2) is 0 Å². The van der Waals surface area contributed by atoms with Gasteiger partial charge < -0.3 is 10.3 Å². The third kappa shape index (κ3) is 0.559. The average molecular weight is 98.1 g/mol. The number of nitrogens with zero attached hydrogens (tertiary/aromatic N) is 1. The van der Waals surface area contributed by atoms with E-state index < -0.39 is 0 Å². The predicted molar refractivity (Wildman–Crippen MR) is 25.7 cm³/mol. The average Bonchev–Trinajstić information content (AvgIpc) is 1.91. The Morgan fingerprint density at radius 3 is 2.71 bits per heavy atom. The number of nitrogens with two attached hydrogens (primary N) is 1. The molecule has 3 heteroatoms. The molecule has 0 atom stereocenters. The van der Waals surface area contributed by atoms with Crippen molar-refractivity contribution < 1.29 is 4.52 Å². The van der Waals surface area contributed by atoms with Gasteiger partial charge in [-0.05, 0) is 6.92 Å². The van der Waals surface area contributed by atoms with Crippen LogP contribution < -0.4 is 5.73 Å². The summed E-state index contributed by atoms with van der Waals surface area (Å²) in [6, 6.07) is 0. The second kappa shape index (κ2) is 1.26. The third-order valence-corrected chi connectivity index (χ3v) is 0.786. The van der Waals surface area contributed by atoms with E-state index in [9.17, 15) is 0 Å². The lowest BCUT2D eigenvalue weighted by Gasteiger charge is -1.76. The minimum Gasteiger partial charge on any atom is -0.367 e. The second-order valence-corrected chi connectivity index (χ2v) is 1.37. The Balaban J connectivity index is 3.12. The molecule has 2 N–H and O–H groups in total. The number of rotatable bonds is 0. The van der Waals surface area contributed by atoms with Gasteiger partial charge in [0, 0.05) is 5.56 Å². The van der Waals surface area contributed by atoms with Crippen LogP contribution in [0.15, 0.2) is 10.7 Å². The fourth-order valence-corrected chi connectivity index (χ4v) is 0.298. The van der Waals surface area contributed by atoms with E-state index in [0.717, 1.165) is 5.56 Å². The number of aryl methyl sites for hydroxylation is 1. The summed E-state index contributed by atoms with van der Waals surface area (Å²) in [6.45, 7) is 1.84. The molecule has 0 spiro atoms. The van der Waals surface area contributed by atoms with E-state index >= 15 is 0 Å². The maximum atomic E-state index is 5.21. The molecule has 7 heavy (non-hydrogen) atoms. The van der Waals surface area contributed by atoms with Crippen molar-refractivity contribution in [1.29, 1.82) is 0 Å². The summed E-state index contributed by atoms with van der Waals surface area (Å²) in [5.41, 5.74) is 6.10.